The number of ether oxygens (including phenoxy) is 2. The van der Waals surface area contributed by atoms with Gasteiger partial charge in [-0.25, -0.2) is 17.7 Å². The quantitative estimate of drug-likeness (QED) is 0.373. The summed E-state index contributed by atoms with van der Waals surface area (Å²) in [5, 5.41) is 0.562. The van der Waals surface area contributed by atoms with Crippen molar-refractivity contribution in [1.29, 1.82) is 0 Å². The fourth-order valence-corrected chi connectivity index (χ4v) is 5.82. The van der Waals surface area contributed by atoms with Gasteiger partial charge in [-0.05, 0) is 44.8 Å². The third kappa shape index (κ3) is 5.92. The van der Waals surface area contributed by atoms with E-state index in [0.717, 1.165) is 23.1 Å². The van der Waals surface area contributed by atoms with E-state index in [0.29, 0.717) is 41.8 Å². The summed E-state index contributed by atoms with van der Waals surface area (Å²) in [6, 6.07) is 9.81. The summed E-state index contributed by atoms with van der Waals surface area (Å²) in [6.07, 6.45) is 1.70. The summed E-state index contributed by atoms with van der Waals surface area (Å²) in [4.78, 5) is 22.0. The fourth-order valence-electron chi connectivity index (χ4n) is 3.61. The van der Waals surface area contributed by atoms with E-state index in [4.69, 9.17) is 14.5 Å². The van der Waals surface area contributed by atoms with Crippen molar-refractivity contribution >= 4 is 55.0 Å². The first-order valence-corrected chi connectivity index (χ1v) is 13.7. The first-order valence-electron chi connectivity index (χ1n) is 11.4. The number of hydrogen-bond acceptors (Lipinski definition) is 8. The number of halogens is 1. The lowest BCUT2D eigenvalue weighted by Crippen LogP contribution is -2.36. The van der Waals surface area contributed by atoms with Crippen molar-refractivity contribution in [1.82, 2.24) is 14.2 Å². The van der Waals surface area contributed by atoms with Crippen molar-refractivity contribution in [3.05, 3.63) is 42.0 Å². The van der Waals surface area contributed by atoms with Crippen LogP contribution in [0.15, 0.2) is 41.3 Å². The number of anilines is 1. The molecular formula is C24H31ClN4O5S2. The number of aromatic nitrogens is 1. The molecule has 0 atom stereocenters. The molecule has 1 amide bonds. The van der Waals surface area contributed by atoms with Gasteiger partial charge in [0.05, 0.1) is 15.1 Å². The SMILES string of the molecule is CCCCN(C)S(=O)(=O)c1ccc(C(=O)N(CCN(C)C)c2nc3cc4c(cc3s2)OCO4)cc1.Cl. The number of unbranched alkanes of at least 4 members (excludes halogenated alkanes) is 1. The van der Waals surface area contributed by atoms with Gasteiger partial charge in [0.2, 0.25) is 16.8 Å². The lowest BCUT2D eigenvalue weighted by molar-refractivity contribution is 0.0985. The number of rotatable bonds is 10. The zero-order chi connectivity index (χ0) is 25.2. The zero-order valence-corrected chi connectivity index (χ0v) is 23.2. The summed E-state index contributed by atoms with van der Waals surface area (Å²) in [5.41, 5.74) is 1.13. The Hall–Kier alpha value is -2.44. The number of carbonyl (C=O) groups excluding carboxylic acids is 1. The summed E-state index contributed by atoms with van der Waals surface area (Å²) in [5.74, 6) is 1.06. The van der Waals surface area contributed by atoms with E-state index < -0.39 is 10.0 Å². The van der Waals surface area contributed by atoms with Crippen LogP contribution in [-0.2, 0) is 10.0 Å². The van der Waals surface area contributed by atoms with Crippen LogP contribution in [0.2, 0.25) is 0 Å². The number of sulfonamides is 1. The molecule has 1 aliphatic rings. The minimum atomic E-state index is -3.60. The van der Waals surface area contributed by atoms with E-state index in [1.807, 2.05) is 38.1 Å². The smallest absolute Gasteiger partial charge is 0.260 e. The number of fused-ring (bicyclic) bond motifs is 2. The predicted molar refractivity (Wildman–Crippen MR) is 144 cm³/mol. The molecule has 0 aliphatic carbocycles. The highest BCUT2D eigenvalue weighted by molar-refractivity contribution is 7.89. The molecule has 2 aromatic carbocycles. The van der Waals surface area contributed by atoms with Crippen molar-refractivity contribution in [3.8, 4) is 11.5 Å². The van der Waals surface area contributed by atoms with Gasteiger partial charge in [-0.2, -0.15) is 0 Å². The molecule has 196 valence electrons. The van der Waals surface area contributed by atoms with Crippen LogP contribution in [0.1, 0.15) is 30.1 Å². The molecule has 0 bridgehead atoms. The van der Waals surface area contributed by atoms with Gasteiger partial charge in [0.15, 0.2) is 16.6 Å². The minimum Gasteiger partial charge on any atom is -0.454 e. The monoisotopic (exact) mass is 554 g/mol. The molecule has 0 spiro atoms. The highest BCUT2D eigenvalue weighted by Crippen LogP contribution is 2.40. The van der Waals surface area contributed by atoms with Crippen LogP contribution < -0.4 is 14.4 Å². The average Bonchev–Trinajstić information content (AvgIpc) is 3.46. The van der Waals surface area contributed by atoms with E-state index in [2.05, 4.69) is 0 Å². The zero-order valence-electron chi connectivity index (χ0n) is 20.8. The van der Waals surface area contributed by atoms with E-state index in [9.17, 15) is 13.2 Å². The van der Waals surface area contributed by atoms with Crippen LogP contribution >= 0.6 is 23.7 Å². The molecule has 0 N–H and O–H groups in total. The fraction of sp³-hybridized carbons (Fsp3) is 0.417. The molecule has 3 aromatic rings. The van der Waals surface area contributed by atoms with E-state index >= 15 is 0 Å². The second-order valence-corrected chi connectivity index (χ2v) is 11.7. The van der Waals surface area contributed by atoms with Gasteiger partial charge in [-0.15, -0.1) is 12.4 Å². The molecule has 4 rings (SSSR count). The average molecular weight is 555 g/mol. The molecule has 0 fully saturated rings. The molecule has 0 radical (unpaired) electrons. The van der Waals surface area contributed by atoms with Gasteiger partial charge >= 0.3 is 0 Å². The third-order valence-corrected chi connectivity index (χ3v) is 8.67. The molecule has 0 unspecified atom stereocenters. The van der Waals surface area contributed by atoms with Crippen LogP contribution in [0.3, 0.4) is 0 Å². The Morgan fingerprint density at radius 1 is 1.03 bits per heavy atom. The van der Waals surface area contributed by atoms with Gasteiger partial charge in [-0.1, -0.05) is 24.7 Å². The first-order chi connectivity index (χ1) is 16.7. The normalized spacial score (nSPS) is 12.8. The molecule has 9 nitrogen and oxygen atoms in total. The topological polar surface area (TPSA) is 92.3 Å². The van der Waals surface area contributed by atoms with Crippen molar-refractivity contribution in [2.45, 2.75) is 24.7 Å². The Morgan fingerprint density at radius 3 is 2.33 bits per heavy atom. The number of hydrogen-bond donors (Lipinski definition) is 0. The largest absolute Gasteiger partial charge is 0.454 e. The maximum absolute atomic E-state index is 13.5. The van der Waals surface area contributed by atoms with Crippen LogP contribution in [0.4, 0.5) is 5.13 Å². The molecule has 2 heterocycles. The Bertz CT molecular complexity index is 1270. The minimum absolute atomic E-state index is 0. The van der Waals surface area contributed by atoms with E-state index in [1.165, 1.54) is 27.8 Å². The van der Waals surface area contributed by atoms with Crippen molar-refractivity contribution in [3.63, 3.8) is 0 Å². The highest BCUT2D eigenvalue weighted by atomic mass is 35.5. The summed E-state index contributed by atoms with van der Waals surface area (Å²) in [6.45, 7) is 3.72. The van der Waals surface area contributed by atoms with Crippen LogP contribution in [0.5, 0.6) is 11.5 Å². The lowest BCUT2D eigenvalue weighted by Gasteiger charge is -2.22. The second-order valence-electron chi connectivity index (χ2n) is 8.63. The Labute approximate surface area is 222 Å². The second kappa shape index (κ2) is 11.7. The maximum atomic E-state index is 13.5. The number of nitrogens with zero attached hydrogens (tertiary/aromatic N) is 4. The lowest BCUT2D eigenvalue weighted by atomic mass is 10.2. The number of amides is 1. The van der Waals surface area contributed by atoms with Gasteiger partial charge in [0.1, 0.15) is 0 Å². The van der Waals surface area contributed by atoms with Crippen LogP contribution in [0, 0.1) is 0 Å². The van der Waals surface area contributed by atoms with Crippen LogP contribution in [0.25, 0.3) is 10.2 Å². The van der Waals surface area contributed by atoms with E-state index in [1.54, 1.807) is 24.1 Å². The summed E-state index contributed by atoms with van der Waals surface area (Å²) >= 11 is 1.40. The predicted octanol–water partition coefficient (Wildman–Crippen LogP) is 4.08. The number of benzene rings is 2. The Balaban J connectivity index is 0.00000361. The molecule has 0 saturated carbocycles. The van der Waals surface area contributed by atoms with Crippen molar-refractivity contribution in [2.24, 2.45) is 0 Å². The first kappa shape index (κ1) is 28.1. The van der Waals surface area contributed by atoms with Crippen molar-refractivity contribution in [2.75, 3.05) is 52.5 Å². The number of likely N-dealkylation sites (N-methyl/N-ethyl adjacent to an activating group) is 1. The molecule has 12 heteroatoms. The Kier molecular flexibility index (Phi) is 9.18. The standard InChI is InChI=1S/C24H30N4O5S2.ClH/c1-5-6-11-27(4)35(30,31)18-9-7-17(8-10-18)23(29)28(13-12-26(2)3)24-25-19-14-20-21(33-16-32-20)15-22(19)34-24;/h7-10,14-15H,5-6,11-13,16H2,1-4H3;1H. The maximum Gasteiger partial charge on any atom is 0.260 e. The Morgan fingerprint density at radius 2 is 1.69 bits per heavy atom. The molecule has 1 aromatic heterocycles. The molecule has 1 aliphatic heterocycles. The third-order valence-electron chi connectivity index (χ3n) is 5.75. The highest BCUT2D eigenvalue weighted by Gasteiger charge is 2.25. The number of carbonyl (C=O) groups is 1. The van der Waals surface area contributed by atoms with Gasteiger partial charge in [0.25, 0.3) is 5.91 Å². The van der Waals surface area contributed by atoms with Gasteiger partial charge < -0.3 is 14.4 Å². The summed E-state index contributed by atoms with van der Waals surface area (Å²) < 4.78 is 38.8. The molecule has 0 saturated heterocycles. The van der Waals surface area contributed by atoms with E-state index in [-0.39, 0.29) is 30.0 Å². The van der Waals surface area contributed by atoms with Gasteiger partial charge in [0, 0.05) is 44.4 Å². The molecular weight excluding hydrogens is 524 g/mol. The summed E-state index contributed by atoms with van der Waals surface area (Å²) in [7, 11) is 1.85. The van der Waals surface area contributed by atoms with Crippen LogP contribution in [-0.4, -0.2) is 76.1 Å². The van der Waals surface area contributed by atoms with Gasteiger partial charge in [-0.3, -0.25) is 9.69 Å². The van der Waals surface area contributed by atoms with Crippen molar-refractivity contribution < 1.29 is 22.7 Å². The molecule has 36 heavy (non-hydrogen) atoms. The number of thiazole rings is 1.